The van der Waals surface area contributed by atoms with Gasteiger partial charge in [-0.25, -0.2) is 9.67 Å². The number of fused-ring (bicyclic) bond motifs is 1. The summed E-state index contributed by atoms with van der Waals surface area (Å²) in [7, 11) is 1.25. The maximum Gasteiger partial charge on any atom is 0.313 e. The number of aromatic nitrogens is 3. The summed E-state index contributed by atoms with van der Waals surface area (Å²) in [5, 5.41) is 4.09. The summed E-state index contributed by atoms with van der Waals surface area (Å²) >= 11 is 0. The molecule has 2 rings (SSSR count). The topological polar surface area (TPSA) is 74.1 Å². The molecule has 16 heavy (non-hydrogen) atoms. The van der Waals surface area contributed by atoms with E-state index in [1.807, 2.05) is 0 Å². The first-order valence-electron chi connectivity index (χ1n) is 5.24. The van der Waals surface area contributed by atoms with Gasteiger partial charge in [-0.3, -0.25) is 9.59 Å². The van der Waals surface area contributed by atoms with Gasteiger partial charge in [0.2, 0.25) is 11.6 Å². The highest BCUT2D eigenvalue weighted by Gasteiger charge is 2.20. The van der Waals surface area contributed by atoms with Crippen molar-refractivity contribution in [1.82, 2.24) is 14.8 Å². The molecular formula is C10H13N3O3. The second-order valence-electron chi connectivity index (χ2n) is 3.71. The number of rotatable bonds is 3. The number of hydrogen-bond donors (Lipinski definition) is 0. The Morgan fingerprint density at radius 3 is 2.94 bits per heavy atom. The molecule has 0 aliphatic carbocycles. The summed E-state index contributed by atoms with van der Waals surface area (Å²) in [5.74, 6) is 0.0216. The summed E-state index contributed by atoms with van der Waals surface area (Å²) in [5.41, 5.74) is 0. The van der Waals surface area contributed by atoms with E-state index in [2.05, 4.69) is 14.8 Å². The Morgan fingerprint density at radius 2 is 2.25 bits per heavy atom. The lowest BCUT2D eigenvalue weighted by Crippen LogP contribution is -2.12. The number of hydrogen-bond acceptors (Lipinski definition) is 5. The number of ether oxygens (including phenoxy) is 1. The Balaban J connectivity index is 2.12. The third-order valence-electron chi connectivity index (χ3n) is 2.55. The number of aryl methyl sites for hydroxylation is 2. The second-order valence-corrected chi connectivity index (χ2v) is 3.71. The van der Waals surface area contributed by atoms with Crippen LogP contribution in [0.25, 0.3) is 0 Å². The van der Waals surface area contributed by atoms with Crippen LogP contribution in [0.4, 0.5) is 0 Å². The molecule has 1 aromatic rings. The van der Waals surface area contributed by atoms with Crippen molar-refractivity contribution >= 4 is 11.8 Å². The van der Waals surface area contributed by atoms with Gasteiger partial charge < -0.3 is 4.74 Å². The van der Waals surface area contributed by atoms with Gasteiger partial charge >= 0.3 is 5.97 Å². The molecule has 1 aromatic heterocycles. The first-order chi connectivity index (χ1) is 7.70. The van der Waals surface area contributed by atoms with Crippen LogP contribution in [0.15, 0.2) is 0 Å². The average Bonchev–Trinajstić information content (AvgIpc) is 2.72. The Bertz CT molecular complexity index is 401. The van der Waals surface area contributed by atoms with Crippen LogP contribution < -0.4 is 0 Å². The normalized spacial score (nSPS) is 14.3. The predicted molar refractivity (Wildman–Crippen MR) is 53.9 cm³/mol. The molecule has 2 heterocycles. The highest BCUT2D eigenvalue weighted by atomic mass is 16.5. The summed E-state index contributed by atoms with van der Waals surface area (Å²) in [4.78, 5) is 26.7. The number of nitrogens with zero attached hydrogens (tertiary/aromatic N) is 3. The third kappa shape index (κ3) is 2.10. The van der Waals surface area contributed by atoms with Gasteiger partial charge in [0.15, 0.2) is 0 Å². The molecule has 0 atom stereocenters. The molecule has 0 saturated carbocycles. The van der Waals surface area contributed by atoms with E-state index in [1.54, 1.807) is 4.68 Å². The smallest absolute Gasteiger partial charge is 0.313 e. The Kier molecular flexibility index (Phi) is 2.98. The maximum atomic E-state index is 11.6. The Hall–Kier alpha value is -1.72. The van der Waals surface area contributed by atoms with E-state index in [0.29, 0.717) is 0 Å². The minimum atomic E-state index is -0.558. The quantitative estimate of drug-likeness (QED) is 0.420. The van der Waals surface area contributed by atoms with Gasteiger partial charge in [0, 0.05) is 13.0 Å². The maximum absolute atomic E-state index is 11.6. The predicted octanol–water partition coefficient (Wildman–Crippen LogP) is 0.360. The minimum absolute atomic E-state index is 0.127. The molecule has 86 valence electrons. The van der Waals surface area contributed by atoms with Crippen molar-refractivity contribution in [2.24, 2.45) is 0 Å². The van der Waals surface area contributed by atoms with E-state index in [4.69, 9.17) is 0 Å². The molecule has 0 saturated heterocycles. The third-order valence-corrected chi connectivity index (χ3v) is 2.55. The molecule has 0 aromatic carbocycles. The summed E-state index contributed by atoms with van der Waals surface area (Å²) in [6.45, 7) is 0.799. The fourth-order valence-electron chi connectivity index (χ4n) is 1.68. The van der Waals surface area contributed by atoms with E-state index in [9.17, 15) is 9.59 Å². The van der Waals surface area contributed by atoms with Crippen LogP contribution in [0.2, 0.25) is 0 Å². The van der Waals surface area contributed by atoms with Gasteiger partial charge in [0.25, 0.3) is 0 Å². The average molecular weight is 223 g/mol. The van der Waals surface area contributed by atoms with Gasteiger partial charge in [-0.2, -0.15) is 0 Å². The molecular weight excluding hydrogens is 210 g/mol. The standard InChI is InChI=1S/C10H13N3O3/c1-16-9(15)6-7(14)10-11-8-4-2-3-5-13(8)12-10/h2-6H2,1H3. The van der Waals surface area contributed by atoms with Crippen LogP contribution in [-0.4, -0.2) is 33.6 Å². The second kappa shape index (κ2) is 4.42. The molecule has 0 unspecified atom stereocenters. The van der Waals surface area contributed by atoms with Gasteiger partial charge in [-0.15, -0.1) is 5.10 Å². The lowest BCUT2D eigenvalue weighted by molar-refractivity contribution is -0.139. The molecule has 0 N–H and O–H groups in total. The molecule has 6 heteroatoms. The Labute approximate surface area is 92.6 Å². The fraction of sp³-hybridized carbons (Fsp3) is 0.600. The van der Waals surface area contributed by atoms with Crippen LogP contribution >= 0.6 is 0 Å². The molecule has 1 aliphatic rings. The van der Waals surface area contributed by atoms with Crippen LogP contribution in [0.3, 0.4) is 0 Å². The lowest BCUT2D eigenvalue weighted by Gasteiger charge is -2.09. The molecule has 0 bridgehead atoms. The summed E-state index contributed by atoms with van der Waals surface area (Å²) < 4.78 is 6.17. The SMILES string of the molecule is COC(=O)CC(=O)c1nc2n(n1)CCCC2. The van der Waals surface area contributed by atoms with Crippen LogP contribution in [0, 0.1) is 0 Å². The van der Waals surface area contributed by atoms with Crippen molar-refractivity contribution in [2.45, 2.75) is 32.2 Å². The number of carbonyl (C=O) groups excluding carboxylic acids is 2. The van der Waals surface area contributed by atoms with Crippen molar-refractivity contribution < 1.29 is 14.3 Å². The summed E-state index contributed by atoms with van der Waals surface area (Å²) in [6.07, 6.45) is 2.68. The zero-order chi connectivity index (χ0) is 11.5. The van der Waals surface area contributed by atoms with Gasteiger partial charge in [-0.1, -0.05) is 0 Å². The molecule has 6 nitrogen and oxygen atoms in total. The first-order valence-corrected chi connectivity index (χ1v) is 5.24. The van der Waals surface area contributed by atoms with Crippen molar-refractivity contribution in [3.63, 3.8) is 0 Å². The minimum Gasteiger partial charge on any atom is -0.469 e. The fourth-order valence-corrected chi connectivity index (χ4v) is 1.68. The monoisotopic (exact) mass is 223 g/mol. The number of esters is 1. The number of ketones is 1. The molecule has 0 fully saturated rings. The molecule has 0 radical (unpaired) electrons. The lowest BCUT2D eigenvalue weighted by atomic mass is 10.2. The van der Waals surface area contributed by atoms with Crippen LogP contribution in [-0.2, 0) is 22.5 Å². The number of carbonyl (C=O) groups is 2. The zero-order valence-electron chi connectivity index (χ0n) is 9.10. The number of Topliss-reactive ketones (excluding diaryl/α,β-unsaturated/α-hetero) is 1. The van der Waals surface area contributed by atoms with E-state index in [-0.39, 0.29) is 18.0 Å². The van der Waals surface area contributed by atoms with E-state index >= 15 is 0 Å². The van der Waals surface area contributed by atoms with Crippen molar-refractivity contribution in [2.75, 3.05) is 7.11 Å². The van der Waals surface area contributed by atoms with E-state index in [0.717, 1.165) is 31.6 Å². The van der Waals surface area contributed by atoms with Crippen molar-refractivity contribution in [1.29, 1.82) is 0 Å². The molecule has 0 amide bonds. The van der Waals surface area contributed by atoms with Crippen molar-refractivity contribution in [3.05, 3.63) is 11.6 Å². The van der Waals surface area contributed by atoms with Crippen molar-refractivity contribution in [3.8, 4) is 0 Å². The van der Waals surface area contributed by atoms with E-state index in [1.165, 1.54) is 7.11 Å². The number of methoxy groups -OCH3 is 1. The van der Waals surface area contributed by atoms with Crippen LogP contribution in [0.1, 0.15) is 35.7 Å². The summed E-state index contributed by atoms with van der Waals surface area (Å²) in [6, 6.07) is 0. The van der Waals surface area contributed by atoms with Gasteiger partial charge in [0.05, 0.1) is 7.11 Å². The van der Waals surface area contributed by atoms with E-state index < -0.39 is 5.97 Å². The first kappa shape index (κ1) is 10.8. The largest absolute Gasteiger partial charge is 0.469 e. The van der Waals surface area contributed by atoms with Gasteiger partial charge in [-0.05, 0) is 12.8 Å². The zero-order valence-corrected chi connectivity index (χ0v) is 9.10. The Morgan fingerprint density at radius 1 is 1.44 bits per heavy atom. The van der Waals surface area contributed by atoms with Gasteiger partial charge in [0.1, 0.15) is 12.2 Å². The molecule has 1 aliphatic heterocycles. The highest BCUT2D eigenvalue weighted by Crippen LogP contribution is 2.12. The van der Waals surface area contributed by atoms with Crippen LogP contribution in [0.5, 0.6) is 0 Å². The highest BCUT2D eigenvalue weighted by molar-refractivity contribution is 6.03. The molecule has 0 spiro atoms.